The van der Waals surface area contributed by atoms with E-state index >= 15 is 0 Å². The third-order valence-corrected chi connectivity index (χ3v) is 5.10. The number of nitrogens with zero attached hydrogens (tertiary/aromatic N) is 1. The lowest BCUT2D eigenvalue weighted by molar-refractivity contribution is 0.0699. The SMILES string of the molecule is O=C(O)c1cc(CCc2ccccc2)nc2c3c(ccc12)CCCC3. The summed E-state index contributed by atoms with van der Waals surface area (Å²) in [5.41, 5.74) is 5.99. The summed E-state index contributed by atoms with van der Waals surface area (Å²) in [6.45, 7) is 0. The highest BCUT2D eigenvalue weighted by Crippen LogP contribution is 2.30. The summed E-state index contributed by atoms with van der Waals surface area (Å²) in [6.07, 6.45) is 6.06. The highest BCUT2D eigenvalue weighted by atomic mass is 16.4. The van der Waals surface area contributed by atoms with Gasteiger partial charge in [0.25, 0.3) is 0 Å². The van der Waals surface area contributed by atoms with Crippen molar-refractivity contribution in [2.24, 2.45) is 0 Å². The maximum atomic E-state index is 11.8. The van der Waals surface area contributed by atoms with Crippen LogP contribution in [0.5, 0.6) is 0 Å². The number of rotatable bonds is 4. The largest absolute Gasteiger partial charge is 0.478 e. The van der Waals surface area contributed by atoms with Crippen molar-refractivity contribution >= 4 is 16.9 Å². The molecule has 0 spiro atoms. The molecule has 1 heterocycles. The smallest absolute Gasteiger partial charge is 0.336 e. The molecule has 3 heteroatoms. The predicted octanol–water partition coefficient (Wildman–Crippen LogP) is 4.60. The van der Waals surface area contributed by atoms with Gasteiger partial charge in [-0.25, -0.2) is 4.79 Å². The summed E-state index contributed by atoms with van der Waals surface area (Å²) >= 11 is 0. The zero-order valence-corrected chi connectivity index (χ0v) is 14.2. The topological polar surface area (TPSA) is 50.2 Å². The molecule has 0 aliphatic heterocycles. The first-order valence-corrected chi connectivity index (χ1v) is 8.94. The summed E-state index contributed by atoms with van der Waals surface area (Å²) < 4.78 is 0. The second-order valence-electron chi connectivity index (χ2n) is 6.76. The van der Waals surface area contributed by atoms with Crippen molar-refractivity contribution in [2.45, 2.75) is 38.5 Å². The van der Waals surface area contributed by atoms with Gasteiger partial charge in [-0.1, -0.05) is 42.5 Å². The molecular formula is C22H21NO2. The minimum atomic E-state index is -0.871. The molecule has 25 heavy (non-hydrogen) atoms. The van der Waals surface area contributed by atoms with Crippen LogP contribution in [0.4, 0.5) is 0 Å². The molecule has 1 N–H and O–H groups in total. The Labute approximate surface area is 147 Å². The standard InChI is InChI=1S/C22H21NO2/c24-22(25)20-14-17(12-10-15-6-2-1-3-7-15)23-21-18-9-5-4-8-16(18)11-13-19(20)21/h1-3,6-7,11,13-14H,4-5,8-10,12H2,(H,24,25). The molecule has 0 saturated heterocycles. The van der Waals surface area contributed by atoms with Crippen LogP contribution in [-0.2, 0) is 25.7 Å². The molecule has 3 aromatic rings. The van der Waals surface area contributed by atoms with Crippen LogP contribution in [0, 0.1) is 0 Å². The van der Waals surface area contributed by atoms with Crippen LogP contribution in [0.3, 0.4) is 0 Å². The fourth-order valence-electron chi connectivity index (χ4n) is 3.80. The number of benzene rings is 2. The van der Waals surface area contributed by atoms with Gasteiger partial charge in [-0.2, -0.15) is 0 Å². The summed E-state index contributed by atoms with van der Waals surface area (Å²) in [5.74, 6) is -0.871. The van der Waals surface area contributed by atoms with Crippen molar-refractivity contribution in [1.82, 2.24) is 4.98 Å². The van der Waals surface area contributed by atoms with Crippen LogP contribution >= 0.6 is 0 Å². The molecule has 3 nitrogen and oxygen atoms in total. The van der Waals surface area contributed by atoms with Gasteiger partial charge in [0.05, 0.1) is 11.1 Å². The number of aromatic nitrogens is 1. The summed E-state index contributed by atoms with van der Waals surface area (Å²) in [7, 11) is 0. The number of carbonyl (C=O) groups is 1. The zero-order valence-electron chi connectivity index (χ0n) is 14.2. The van der Waals surface area contributed by atoms with Gasteiger partial charge in [0.2, 0.25) is 0 Å². The fourth-order valence-corrected chi connectivity index (χ4v) is 3.80. The molecule has 2 aromatic carbocycles. The Morgan fingerprint density at radius 1 is 1.00 bits per heavy atom. The molecule has 0 unspecified atom stereocenters. The first-order chi connectivity index (χ1) is 12.2. The van der Waals surface area contributed by atoms with Crippen LogP contribution < -0.4 is 0 Å². The monoisotopic (exact) mass is 331 g/mol. The van der Waals surface area contributed by atoms with Crippen LogP contribution in [0.1, 0.15) is 45.6 Å². The lowest BCUT2D eigenvalue weighted by Crippen LogP contribution is -2.08. The highest BCUT2D eigenvalue weighted by molar-refractivity contribution is 6.03. The van der Waals surface area contributed by atoms with Crippen molar-refractivity contribution in [3.05, 3.63) is 76.5 Å². The molecule has 0 radical (unpaired) electrons. The third kappa shape index (κ3) is 3.14. The predicted molar refractivity (Wildman–Crippen MR) is 99.2 cm³/mol. The van der Waals surface area contributed by atoms with E-state index in [9.17, 15) is 9.90 Å². The summed E-state index contributed by atoms with van der Waals surface area (Å²) in [6, 6.07) is 16.0. The van der Waals surface area contributed by atoms with E-state index in [0.717, 1.165) is 48.7 Å². The van der Waals surface area contributed by atoms with Crippen LogP contribution in [0.2, 0.25) is 0 Å². The maximum absolute atomic E-state index is 11.8. The maximum Gasteiger partial charge on any atom is 0.336 e. The Morgan fingerprint density at radius 2 is 1.80 bits per heavy atom. The lowest BCUT2D eigenvalue weighted by Gasteiger charge is -2.18. The van der Waals surface area contributed by atoms with E-state index in [-0.39, 0.29) is 0 Å². The Balaban J connectivity index is 1.78. The Hall–Kier alpha value is -2.68. The quantitative estimate of drug-likeness (QED) is 0.760. The average molecular weight is 331 g/mol. The van der Waals surface area contributed by atoms with Crippen molar-refractivity contribution in [3.8, 4) is 0 Å². The Kier molecular flexibility index (Phi) is 4.22. The van der Waals surface area contributed by atoms with E-state index < -0.39 is 5.97 Å². The minimum absolute atomic E-state index is 0.376. The first-order valence-electron chi connectivity index (χ1n) is 8.94. The summed E-state index contributed by atoms with van der Waals surface area (Å²) in [4.78, 5) is 16.7. The number of carboxylic acids is 1. The van der Waals surface area contributed by atoms with E-state index in [4.69, 9.17) is 4.98 Å². The van der Waals surface area contributed by atoms with Gasteiger partial charge in [0, 0.05) is 11.1 Å². The second kappa shape index (κ2) is 6.67. The van der Waals surface area contributed by atoms with Gasteiger partial charge >= 0.3 is 5.97 Å². The number of hydrogen-bond donors (Lipinski definition) is 1. The normalized spacial score (nSPS) is 13.6. The molecule has 0 atom stereocenters. The summed E-state index contributed by atoms with van der Waals surface area (Å²) in [5, 5.41) is 10.4. The van der Waals surface area contributed by atoms with E-state index in [1.54, 1.807) is 6.07 Å². The van der Waals surface area contributed by atoms with Crippen LogP contribution in [0.15, 0.2) is 48.5 Å². The Morgan fingerprint density at radius 3 is 2.60 bits per heavy atom. The van der Waals surface area contributed by atoms with Gasteiger partial charge in [-0.15, -0.1) is 0 Å². The fraction of sp³-hybridized carbons (Fsp3) is 0.273. The van der Waals surface area contributed by atoms with Crippen molar-refractivity contribution in [2.75, 3.05) is 0 Å². The van der Waals surface area contributed by atoms with Gasteiger partial charge in [0.15, 0.2) is 0 Å². The zero-order chi connectivity index (χ0) is 17.2. The Bertz CT molecular complexity index is 932. The number of fused-ring (bicyclic) bond motifs is 3. The van der Waals surface area contributed by atoms with Crippen LogP contribution in [0.25, 0.3) is 10.9 Å². The molecule has 0 fully saturated rings. The molecule has 126 valence electrons. The van der Waals surface area contributed by atoms with Crippen LogP contribution in [-0.4, -0.2) is 16.1 Å². The van der Waals surface area contributed by atoms with Crippen molar-refractivity contribution in [1.29, 1.82) is 0 Å². The number of aryl methyl sites for hydroxylation is 4. The van der Waals surface area contributed by atoms with Gasteiger partial charge in [0.1, 0.15) is 0 Å². The number of aromatic carboxylic acids is 1. The first kappa shape index (κ1) is 15.8. The molecule has 0 saturated carbocycles. The van der Waals surface area contributed by atoms with Gasteiger partial charge in [-0.05, 0) is 61.3 Å². The molecular weight excluding hydrogens is 310 g/mol. The molecule has 1 aromatic heterocycles. The van der Waals surface area contributed by atoms with E-state index in [2.05, 4.69) is 18.2 Å². The molecule has 1 aliphatic carbocycles. The molecule has 0 amide bonds. The van der Waals surface area contributed by atoms with Gasteiger partial charge in [-0.3, -0.25) is 4.98 Å². The van der Waals surface area contributed by atoms with Crippen molar-refractivity contribution in [3.63, 3.8) is 0 Å². The average Bonchev–Trinajstić information content (AvgIpc) is 2.66. The number of carboxylic acid groups (broad SMARTS) is 1. The minimum Gasteiger partial charge on any atom is -0.478 e. The lowest BCUT2D eigenvalue weighted by atomic mass is 9.88. The number of hydrogen-bond acceptors (Lipinski definition) is 2. The third-order valence-electron chi connectivity index (χ3n) is 5.10. The van der Waals surface area contributed by atoms with E-state index in [0.29, 0.717) is 5.56 Å². The van der Waals surface area contributed by atoms with Crippen molar-refractivity contribution < 1.29 is 9.90 Å². The number of pyridine rings is 1. The second-order valence-corrected chi connectivity index (χ2v) is 6.76. The highest BCUT2D eigenvalue weighted by Gasteiger charge is 2.18. The molecule has 0 bridgehead atoms. The van der Waals surface area contributed by atoms with Gasteiger partial charge < -0.3 is 5.11 Å². The van der Waals surface area contributed by atoms with E-state index in [1.165, 1.54) is 23.1 Å². The molecule has 4 rings (SSSR count). The van der Waals surface area contributed by atoms with E-state index in [1.807, 2.05) is 24.3 Å². The molecule has 1 aliphatic rings.